The van der Waals surface area contributed by atoms with Crippen LogP contribution in [0.1, 0.15) is 36.6 Å². The Kier molecular flexibility index (Phi) is 7.14. The molecule has 0 aliphatic carbocycles. The molecule has 4 rings (SSSR count). The summed E-state index contributed by atoms with van der Waals surface area (Å²) in [6.45, 7) is 3.88. The standard InChI is InChI=1S/C22H28N4O4S/c1-2-29-16-7-5-15(6-8-16)10-20(27)24-22-18-13-31-14-19(18)25-26(22)12-21(28)23-11-17-4-3-9-30-17/h5-8,17H,2-4,9-14H2,1H3,(H,23,28)(H,24,27). The zero-order chi connectivity index (χ0) is 21.6. The molecule has 1 atom stereocenters. The van der Waals surface area contributed by atoms with E-state index >= 15 is 0 Å². The molecule has 1 aromatic heterocycles. The summed E-state index contributed by atoms with van der Waals surface area (Å²) in [5.74, 6) is 2.72. The Hall–Kier alpha value is -2.52. The summed E-state index contributed by atoms with van der Waals surface area (Å²) < 4.78 is 12.6. The van der Waals surface area contributed by atoms with Crippen LogP contribution in [0.5, 0.6) is 5.75 Å². The number of carbonyl (C=O) groups is 2. The van der Waals surface area contributed by atoms with Gasteiger partial charge >= 0.3 is 0 Å². The van der Waals surface area contributed by atoms with Crippen molar-refractivity contribution in [2.24, 2.45) is 0 Å². The van der Waals surface area contributed by atoms with E-state index in [0.29, 0.717) is 19.0 Å². The molecule has 1 unspecified atom stereocenters. The number of hydrogen-bond donors (Lipinski definition) is 2. The van der Waals surface area contributed by atoms with E-state index in [1.165, 1.54) is 0 Å². The summed E-state index contributed by atoms with van der Waals surface area (Å²) in [4.78, 5) is 25.2. The largest absolute Gasteiger partial charge is 0.494 e. The number of hydrogen-bond acceptors (Lipinski definition) is 6. The van der Waals surface area contributed by atoms with Crippen molar-refractivity contribution in [2.45, 2.75) is 50.3 Å². The van der Waals surface area contributed by atoms with Crippen LogP contribution in [0.15, 0.2) is 24.3 Å². The summed E-state index contributed by atoms with van der Waals surface area (Å²) in [7, 11) is 0. The van der Waals surface area contributed by atoms with Gasteiger partial charge in [-0.15, -0.1) is 0 Å². The zero-order valence-corrected chi connectivity index (χ0v) is 18.5. The summed E-state index contributed by atoms with van der Waals surface area (Å²) >= 11 is 1.76. The maximum Gasteiger partial charge on any atom is 0.241 e. The van der Waals surface area contributed by atoms with Gasteiger partial charge in [-0.2, -0.15) is 16.9 Å². The maximum absolute atomic E-state index is 12.7. The molecule has 2 amide bonds. The van der Waals surface area contributed by atoms with Gasteiger partial charge in [-0.25, -0.2) is 4.68 Å². The lowest BCUT2D eigenvalue weighted by atomic mass is 10.1. The third-order valence-electron chi connectivity index (χ3n) is 5.32. The fourth-order valence-electron chi connectivity index (χ4n) is 3.78. The number of fused-ring (bicyclic) bond motifs is 1. The number of thioether (sulfide) groups is 1. The van der Waals surface area contributed by atoms with E-state index in [9.17, 15) is 9.59 Å². The number of aromatic nitrogens is 2. The molecule has 0 spiro atoms. The molecule has 2 N–H and O–H groups in total. The van der Waals surface area contributed by atoms with Gasteiger partial charge < -0.3 is 20.1 Å². The predicted octanol–water partition coefficient (Wildman–Crippen LogP) is 2.50. The fourth-order valence-corrected chi connectivity index (χ4v) is 4.81. The molecule has 2 aliphatic heterocycles. The van der Waals surface area contributed by atoms with Gasteiger partial charge in [-0.1, -0.05) is 12.1 Å². The van der Waals surface area contributed by atoms with E-state index in [-0.39, 0.29) is 30.9 Å². The molecule has 9 heteroatoms. The molecule has 1 saturated heterocycles. The van der Waals surface area contributed by atoms with E-state index in [0.717, 1.165) is 53.5 Å². The van der Waals surface area contributed by atoms with Crippen molar-refractivity contribution in [2.75, 3.05) is 25.1 Å². The second kappa shape index (κ2) is 10.2. The van der Waals surface area contributed by atoms with Crippen LogP contribution >= 0.6 is 11.8 Å². The quantitative estimate of drug-likeness (QED) is 0.617. The minimum Gasteiger partial charge on any atom is -0.494 e. The SMILES string of the molecule is CCOc1ccc(CC(=O)Nc2c3c(nn2CC(=O)NCC2CCCO2)CSC3)cc1. The first-order valence-electron chi connectivity index (χ1n) is 10.7. The van der Waals surface area contributed by atoms with E-state index < -0.39 is 0 Å². The molecule has 166 valence electrons. The van der Waals surface area contributed by atoms with Crippen LogP contribution in [0.4, 0.5) is 5.82 Å². The Balaban J connectivity index is 1.38. The maximum atomic E-state index is 12.7. The molecule has 3 heterocycles. The Morgan fingerprint density at radius 1 is 1.26 bits per heavy atom. The molecular weight excluding hydrogens is 416 g/mol. The molecule has 0 bridgehead atoms. The fraction of sp³-hybridized carbons (Fsp3) is 0.500. The second-order valence-electron chi connectivity index (χ2n) is 7.67. The Morgan fingerprint density at radius 3 is 2.84 bits per heavy atom. The topological polar surface area (TPSA) is 94.5 Å². The molecule has 1 aromatic carbocycles. The van der Waals surface area contributed by atoms with Gasteiger partial charge in [0.05, 0.1) is 24.8 Å². The summed E-state index contributed by atoms with van der Waals surface area (Å²) in [6, 6.07) is 7.51. The lowest BCUT2D eigenvalue weighted by Gasteiger charge is -2.13. The third-order valence-corrected chi connectivity index (χ3v) is 6.29. The van der Waals surface area contributed by atoms with Crippen LogP contribution in [-0.4, -0.2) is 47.5 Å². The van der Waals surface area contributed by atoms with Crippen molar-refractivity contribution >= 4 is 29.4 Å². The molecule has 0 radical (unpaired) electrons. The minimum atomic E-state index is -0.134. The normalized spacial score (nSPS) is 17.4. The van der Waals surface area contributed by atoms with Crippen LogP contribution in [0.3, 0.4) is 0 Å². The Labute approximate surface area is 186 Å². The number of benzene rings is 1. The van der Waals surface area contributed by atoms with Gasteiger partial charge in [0, 0.05) is 30.2 Å². The van der Waals surface area contributed by atoms with Crippen molar-refractivity contribution in [1.29, 1.82) is 0 Å². The van der Waals surface area contributed by atoms with E-state index in [2.05, 4.69) is 15.7 Å². The van der Waals surface area contributed by atoms with Crippen molar-refractivity contribution in [3.8, 4) is 5.75 Å². The van der Waals surface area contributed by atoms with Crippen LogP contribution in [0.25, 0.3) is 0 Å². The van der Waals surface area contributed by atoms with Crippen molar-refractivity contribution in [3.05, 3.63) is 41.1 Å². The Bertz CT molecular complexity index is 922. The van der Waals surface area contributed by atoms with Crippen molar-refractivity contribution in [1.82, 2.24) is 15.1 Å². The molecule has 1 fully saturated rings. The van der Waals surface area contributed by atoms with E-state index in [4.69, 9.17) is 9.47 Å². The average molecular weight is 445 g/mol. The zero-order valence-electron chi connectivity index (χ0n) is 17.7. The van der Waals surface area contributed by atoms with Crippen molar-refractivity contribution in [3.63, 3.8) is 0 Å². The molecule has 8 nitrogen and oxygen atoms in total. The number of rotatable bonds is 9. The molecule has 31 heavy (non-hydrogen) atoms. The van der Waals surface area contributed by atoms with Crippen LogP contribution < -0.4 is 15.4 Å². The number of carbonyl (C=O) groups excluding carboxylic acids is 2. The van der Waals surface area contributed by atoms with E-state index in [1.54, 1.807) is 16.4 Å². The highest BCUT2D eigenvalue weighted by atomic mass is 32.2. The van der Waals surface area contributed by atoms with Crippen molar-refractivity contribution < 1.29 is 19.1 Å². The summed E-state index contributed by atoms with van der Waals surface area (Å²) in [5, 5.41) is 10.5. The first kappa shape index (κ1) is 21.7. The molecular formula is C22H28N4O4S. The van der Waals surface area contributed by atoms with Gasteiger partial charge in [0.1, 0.15) is 18.1 Å². The van der Waals surface area contributed by atoms with Gasteiger partial charge in [0.2, 0.25) is 11.8 Å². The highest BCUT2D eigenvalue weighted by molar-refractivity contribution is 7.98. The third kappa shape index (κ3) is 5.59. The average Bonchev–Trinajstić information content (AvgIpc) is 3.48. The molecule has 0 saturated carbocycles. The smallest absolute Gasteiger partial charge is 0.241 e. The first-order valence-corrected chi connectivity index (χ1v) is 11.8. The highest BCUT2D eigenvalue weighted by Crippen LogP contribution is 2.34. The van der Waals surface area contributed by atoms with E-state index in [1.807, 2.05) is 31.2 Å². The Morgan fingerprint density at radius 2 is 2.10 bits per heavy atom. The number of nitrogens with zero attached hydrogens (tertiary/aromatic N) is 2. The molecule has 2 aromatic rings. The number of anilines is 1. The second-order valence-corrected chi connectivity index (χ2v) is 8.65. The molecule has 2 aliphatic rings. The number of ether oxygens (including phenoxy) is 2. The van der Waals surface area contributed by atoms with Gasteiger partial charge in [-0.3, -0.25) is 9.59 Å². The van der Waals surface area contributed by atoms with Gasteiger partial charge in [-0.05, 0) is 37.5 Å². The first-order chi connectivity index (χ1) is 15.1. The summed E-state index contributed by atoms with van der Waals surface area (Å²) in [6.07, 6.45) is 2.34. The summed E-state index contributed by atoms with van der Waals surface area (Å²) in [5.41, 5.74) is 2.85. The lowest BCUT2D eigenvalue weighted by molar-refractivity contribution is -0.122. The monoisotopic (exact) mass is 444 g/mol. The van der Waals surface area contributed by atoms with Gasteiger partial charge in [0.15, 0.2) is 0 Å². The van der Waals surface area contributed by atoms with Gasteiger partial charge in [0.25, 0.3) is 0 Å². The highest BCUT2D eigenvalue weighted by Gasteiger charge is 2.25. The van der Waals surface area contributed by atoms with Crippen LogP contribution in [0.2, 0.25) is 0 Å². The number of nitrogens with one attached hydrogen (secondary N) is 2. The predicted molar refractivity (Wildman–Crippen MR) is 119 cm³/mol. The minimum absolute atomic E-state index is 0.0725. The lowest BCUT2D eigenvalue weighted by Crippen LogP contribution is -2.34. The van der Waals surface area contributed by atoms with Crippen LogP contribution in [-0.2, 0) is 38.8 Å². The number of amides is 2. The van der Waals surface area contributed by atoms with Crippen LogP contribution in [0, 0.1) is 0 Å².